The molecule has 0 aliphatic heterocycles. The number of halogens is 2. The highest BCUT2D eigenvalue weighted by Gasteiger charge is 2.12. The fraction of sp³-hybridized carbons (Fsp3) is 0.429. The molecule has 2 aromatic rings. The molecular weight excluding hydrogens is 369 g/mol. The van der Waals surface area contributed by atoms with Crippen LogP contribution in [0.1, 0.15) is 43.7 Å². The van der Waals surface area contributed by atoms with E-state index in [1.54, 1.807) is 13.2 Å². The van der Waals surface area contributed by atoms with E-state index < -0.39 is 0 Å². The zero-order chi connectivity index (χ0) is 18.8. The van der Waals surface area contributed by atoms with E-state index >= 15 is 0 Å². The lowest BCUT2D eigenvalue weighted by Crippen LogP contribution is -2.15. The molecule has 0 saturated carbocycles. The van der Waals surface area contributed by atoms with Gasteiger partial charge < -0.3 is 14.8 Å². The highest BCUT2D eigenvalue weighted by Crippen LogP contribution is 2.32. The fourth-order valence-corrected chi connectivity index (χ4v) is 3.18. The van der Waals surface area contributed by atoms with Crippen LogP contribution in [0.4, 0.5) is 0 Å². The normalized spacial score (nSPS) is 10.8. The summed E-state index contributed by atoms with van der Waals surface area (Å²) in [5.41, 5.74) is 1.96. The Bertz CT molecular complexity index is 692. The summed E-state index contributed by atoms with van der Waals surface area (Å²) in [6, 6.07) is 11.4. The lowest BCUT2D eigenvalue weighted by Gasteiger charge is -2.16. The van der Waals surface area contributed by atoms with E-state index in [1.165, 1.54) is 25.7 Å². The summed E-state index contributed by atoms with van der Waals surface area (Å²) < 4.78 is 11.5. The van der Waals surface area contributed by atoms with E-state index in [0.717, 1.165) is 35.7 Å². The predicted octanol–water partition coefficient (Wildman–Crippen LogP) is 6.25. The Morgan fingerprint density at radius 3 is 2.58 bits per heavy atom. The van der Waals surface area contributed by atoms with Crippen LogP contribution < -0.4 is 14.8 Å². The molecule has 0 radical (unpaired) electrons. The van der Waals surface area contributed by atoms with E-state index in [4.69, 9.17) is 32.7 Å². The van der Waals surface area contributed by atoms with Gasteiger partial charge in [-0.25, -0.2) is 0 Å². The van der Waals surface area contributed by atoms with Crippen molar-refractivity contribution >= 4 is 23.2 Å². The quantitative estimate of drug-likeness (QED) is 0.456. The fourth-order valence-electron chi connectivity index (χ4n) is 2.71. The van der Waals surface area contributed by atoms with Gasteiger partial charge in [0.25, 0.3) is 0 Å². The number of methoxy groups -OCH3 is 1. The molecule has 142 valence electrons. The van der Waals surface area contributed by atoms with Gasteiger partial charge in [0, 0.05) is 27.7 Å². The minimum absolute atomic E-state index is 0.361. The van der Waals surface area contributed by atoms with Gasteiger partial charge in [-0.2, -0.15) is 0 Å². The van der Waals surface area contributed by atoms with Crippen LogP contribution in [0.25, 0.3) is 0 Å². The molecule has 0 aliphatic rings. The smallest absolute Gasteiger partial charge is 0.166 e. The van der Waals surface area contributed by atoms with Crippen molar-refractivity contribution < 1.29 is 9.47 Å². The summed E-state index contributed by atoms with van der Waals surface area (Å²) in [6.07, 6.45) is 4.99. The van der Waals surface area contributed by atoms with Gasteiger partial charge in [-0.1, -0.05) is 67.6 Å². The number of unbranched alkanes of at least 4 members (excludes halogenated alkanes) is 3. The summed E-state index contributed by atoms with van der Waals surface area (Å²) in [6.45, 7) is 4.33. The number of benzene rings is 2. The Labute approximate surface area is 166 Å². The van der Waals surface area contributed by atoms with Gasteiger partial charge in [-0.3, -0.25) is 0 Å². The molecule has 1 N–H and O–H groups in total. The largest absolute Gasteiger partial charge is 0.493 e. The molecule has 0 bridgehead atoms. The first-order chi connectivity index (χ1) is 12.7. The van der Waals surface area contributed by atoms with E-state index in [9.17, 15) is 0 Å². The van der Waals surface area contributed by atoms with Gasteiger partial charge in [0.05, 0.1) is 7.11 Å². The lowest BCUT2D eigenvalue weighted by atomic mass is 10.1. The van der Waals surface area contributed by atoms with Crippen LogP contribution in [0.2, 0.25) is 10.0 Å². The van der Waals surface area contributed by atoms with Crippen LogP contribution in [-0.4, -0.2) is 13.7 Å². The molecule has 0 unspecified atom stereocenters. The van der Waals surface area contributed by atoms with Crippen molar-refractivity contribution in [3.63, 3.8) is 0 Å². The molecule has 26 heavy (non-hydrogen) atoms. The molecule has 0 aromatic heterocycles. The van der Waals surface area contributed by atoms with E-state index in [0.29, 0.717) is 16.7 Å². The molecule has 0 atom stereocenters. The van der Waals surface area contributed by atoms with Gasteiger partial charge in [0.2, 0.25) is 0 Å². The van der Waals surface area contributed by atoms with Crippen LogP contribution in [0, 0.1) is 0 Å². The summed E-state index contributed by atoms with van der Waals surface area (Å²) in [5.74, 6) is 1.47. The molecule has 2 aromatic carbocycles. The Morgan fingerprint density at radius 1 is 1.00 bits per heavy atom. The Morgan fingerprint density at radius 2 is 1.85 bits per heavy atom. The minimum Gasteiger partial charge on any atom is -0.493 e. The van der Waals surface area contributed by atoms with Crippen LogP contribution >= 0.6 is 23.2 Å². The molecule has 2 rings (SSSR count). The zero-order valence-electron chi connectivity index (χ0n) is 15.5. The van der Waals surface area contributed by atoms with E-state index in [-0.39, 0.29) is 0 Å². The molecular formula is C21H27Cl2NO2. The Hall–Kier alpha value is -1.42. The molecule has 3 nitrogen and oxygen atoms in total. The van der Waals surface area contributed by atoms with Gasteiger partial charge >= 0.3 is 0 Å². The molecule has 0 aliphatic carbocycles. The van der Waals surface area contributed by atoms with Crippen molar-refractivity contribution in [2.45, 2.75) is 45.8 Å². The summed E-state index contributed by atoms with van der Waals surface area (Å²) >= 11 is 12.2. The molecule has 0 amide bonds. The number of hydrogen-bond acceptors (Lipinski definition) is 3. The molecule has 0 saturated heterocycles. The minimum atomic E-state index is 0.361. The Kier molecular flexibility index (Phi) is 9.10. The number of para-hydroxylation sites is 1. The Balaban J connectivity index is 2.01. The lowest BCUT2D eigenvalue weighted by molar-refractivity contribution is 0.280. The number of rotatable bonds is 11. The first-order valence-electron chi connectivity index (χ1n) is 9.09. The average molecular weight is 396 g/mol. The van der Waals surface area contributed by atoms with Crippen molar-refractivity contribution in [2.24, 2.45) is 0 Å². The third-order valence-electron chi connectivity index (χ3n) is 4.19. The second-order valence-electron chi connectivity index (χ2n) is 6.21. The average Bonchev–Trinajstić information content (AvgIpc) is 2.64. The maximum Gasteiger partial charge on any atom is 0.166 e. The number of ether oxygens (including phenoxy) is 2. The second kappa shape index (κ2) is 11.3. The molecule has 0 fully saturated rings. The monoisotopic (exact) mass is 395 g/mol. The summed E-state index contributed by atoms with van der Waals surface area (Å²) in [4.78, 5) is 0. The van der Waals surface area contributed by atoms with Crippen molar-refractivity contribution in [3.05, 3.63) is 57.6 Å². The maximum atomic E-state index is 6.25. The van der Waals surface area contributed by atoms with Crippen molar-refractivity contribution in [3.8, 4) is 11.5 Å². The van der Waals surface area contributed by atoms with E-state index in [1.807, 2.05) is 24.3 Å². The number of nitrogens with one attached hydrogen (secondary N) is 1. The number of hydrogen-bond donors (Lipinski definition) is 1. The third-order valence-corrected chi connectivity index (χ3v) is 4.78. The predicted molar refractivity (Wildman–Crippen MR) is 110 cm³/mol. The van der Waals surface area contributed by atoms with Crippen LogP contribution in [-0.2, 0) is 13.2 Å². The van der Waals surface area contributed by atoms with Crippen molar-refractivity contribution in [2.75, 3.05) is 13.7 Å². The highest BCUT2D eigenvalue weighted by atomic mass is 35.5. The third kappa shape index (κ3) is 6.39. The van der Waals surface area contributed by atoms with Crippen LogP contribution in [0.5, 0.6) is 11.5 Å². The SMILES string of the molecule is CCCCCCNCc1cccc(OC)c1OCc1ccc(Cl)cc1Cl. The zero-order valence-corrected chi connectivity index (χ0v) is 17.0. The standard InChI is InChI=1S/C21H27Cl2NO2/c1-3-4-5-6-12-24-14-16-8-7-9-20(25-2)21(16)26-15-17-10-11-18(22)13-19(17)23/h7-11,13,24H,3-6,12,14-15H2,1-2H3. The van der Waals surface area contributed by atoms with Crippen LogP contribution in [0.15, 0.2) is 36.4 Å². The van der Waals surface area contributed by atoms with Crippen molar-refractivity contribution in [1.82, 2.24) is 5.32 Å². The summed E-state index contributed by atoms with van der Waals surface area (Å²) in [5, 5.41) is 4.71. The van der Waals surface area contributed by atoms with Gasteiger partial charge in [-0.05, 0) is 31.2 Å². The van der Waals surface area contributed by atoms with Gasteiger partial charge in [0.1, 0.15) is 6.61 Å². The highest BCUT2D eigenvalue weighted by molar-refractivity contribution is 6.35. The van der Waals surface area contributed by atoms with Crippen LogP contribution in [0.3, 0.4) is 0 Å². The van der Waals surface area contributed by atoms with E-state index in [2.05, 4.69) is 18.3 Å². The van der Waals surface area contributed by atoms with Gasteiger partial charge in [-0.15, -0.1) is 0 Å². The molecule has 5 heteroatoms. The van der Waals surface area contributed by atoms with Gasteiger partial charge in [0.15, 0.2) is 11.5 Å². The summed E-state index contributed by atoms with van der Waals surface area (Å²) in [7, 11) is 1.65. The molecule has 0 spiro atoms. The second-order valence-corrected chi connectivity index (χ2v) is 7.05. The first kappa shape index (κ1) is 20.9. The topological polar surface area (TPSA) is 30.5 Å². The first-order valence-corrected chi connectivity index (χ1v) is 9.84. The molecule has 0 heterocycles. The maximum absolute atomic E-state index is 6.25. The van der Waals surface area contributed by atoms with Crippen molar-refractivity contribution in [1.29, 1.82) is 0 Å².